The standard InChI is InChI=1S/C56H91N7O14S/c1-12-25-63(53(69)49(36(9)14-3)61-51(68)43-18-16-17-26-62(43)11)44(34(5)6)30-45(74-27-13-2)52-59-42(33-78-52)50(67)58-39(28-37(10)54(70)71)29-38-19-21-41(22-20-38)77-55(72)48(35(7)8)60-46(65)23-24-57-56(73)75-32-47(66)76-40(15-4)31-64/h19-22,33-37,39-40,43-45,47-49,64,66H,12-18,23-32H2,1-11H3,(H,57,73)(H,58,67)(H,60,65)(H,61,68)(H,70,71)/t36-,37-,39+,40?,43+,44+,45+,47?,48+,49-/m0/s1. The van der Waals surface area contributed by atoms with Crippen LogP contribution in [-0.4, -0.2) is 161 Å². The van der Waals surface area contributed by atoms with Gasteiger partial charge in [-0.1, -0.05) is 94.2 Å². The highest BCUT2D eigenvalue weighted by atomic mass is 32.1. The predicted molar refractivity (Wildman–Crippen MR) is 295 cm³/mol. The maximum atomic E-state index is 14.8. The van der Waals surface area contributed by atoms with Gasteiger partial charge in [0.25, 0.3) is 5.91 Å². The first-order valence-corrected chi connectivity index (χ1v) is 28.8. The summed E-state index contributed by atoms with van der Waals surface area (Å²) in [5.41, 5.74) is 0.850. The molecule has 78 heavy (non-hydrogen) atoms. The van der Waals surface area contributed by atoms with Gasteiger partial charge in [-0.15, -0.1) is 11.3 Å². The number of rotatable bonds is 35. The number of amides is 5. The number of carbonyl (C=O) groups is 7. The Hall–Kier alpha value is -5.26. The van der Waals surface area contributed by atoms with Crippen molar-refractivity contribution in [2.45, 2.75) is 189 Å². The molecule has 1 aromatic heterocycles. The average Bonchev–Trinajstić information content (AvgIpc) is 3.92. The molecule has 0 saturated carbocycles. The molecule has 10 atom stereocenters. The summed E-state index contributed by atoms with van der Waals surface area (Å²) in [6, 6.07) is 3.55. The molecule has 2 aromatic rings. The van der Waals surface area contributed by atoms with Gasteiger partial charge in [0.15, 0.2) is 6.29 Å². The van der Waals surface area contributed by atoms with E-state index in [1.807, 2.05) is 39.6 Å². The number of nitrogens with zero attached hydrogens (tertiary/aromatic N) is 3. The molecule has 0 radical (unpaired) electrons. The normalized spacial score (nSPS) is 17.3. The molecule has 2 heterocycles. The number of thiazole rings is 1. The minimum Gasteiger partial charge on any atom is -0.481 e. The number of likely N-dealkylation sites (N-methyl/N-ethyl adjacent to an activating group) is 1. The molecule has 440 valence electrons. The Balaban J connectivity index is 1.72. The van der Waals surface area contributed by atoms with E-state index in [1.165, 1.54) is 11.3 Å². The number of aromatic nitrogens is 1. The number of benzene rings is 1. The van der Waals surface area contributed by atoms with E-state index in [1.54, 1.807) is 57.3 Å². The SMILES string of the molecule is CCCO[C@H](C[C@H](C(C)C)N(CCC)C(=O)[C@@H](NC(=O)[C@H]1CCCCN1C)[C@@H](C)CC)c1nc(C(=O)N[C@@H](Cc2ccc(OC(=O)[C@H](NC(=O)CCNC(=O)OCC(O)OC(CC)CO)C(C)C)cc2)C[C@H](C)C(=O)O)cs1. The van der Waals surface area contributed by atoms with E-state index in [2.05, 4.69) is 40.0 Å². The average molecular weight is 1120 g/mol. The first-order chi connectivity index (χ1) is 37.1. The van der Waals surface area contributed by atoms with Gasteiger partial charge in [0.05, 0.1) is 24.7 Å². The van der Waals surface area contributed by atoms with Crippen LogP contribution in [0, 0.1) is 23.7 Å². The first kappa shape index (κ1) is 67.0. The van der Waals surface area contributed by atoms with Crippen molar-refractivity contribution >= 4 is 53.0 Å². The molecule has 21 nitrogen and oxygen atoms in total. The van der Waals surface area contributed by atoms with Gasteiger partial charge in [0.2, 0.25) is 17.7 Å². The van der Waals surface area contributed by atoms with Crippen LogP contribution in [0.25, 0.3) is 0 Å². The van der Waals surface area contributed by atoms with Crippen molar-refractivity contribution in [3.05, 3.63) is 45.9 Å². The molecule has 1 aliphatic rings. The third-order valence-corrected chi connectivity index (χ3v) is 15.0. The summed E-state index contributed by atoms with van der Waals surface area (Å²) in [4.78, 5) is 102. The Morgan fingerprint density at radius 3 is 2.18 bits per heavy atom. The fourth-order valence-corrected chi connectivity index (χ4v) is 9.96. The molecule has 1 fully saturated rings. The number of hydrogen-bond donors (Lipinski definition) is 7. The summed E-state index contributed by atoms with van der Waals surface area (Å²) >= 11 is 1.28. The molecular weight excluding hydrogens is 1030 g/mol. The molecule has 3 rings (SSSR count). The maximum Gasteiger partial charge on any atom is 0.407 e. The van der Waals surface area contributed by atoms with Gasteiger partial charge in [-0.05, 0) is 94.0 Å². The molecule has 0 bridgehead atoms. The van der Waals surface area contributed by atoms with Gasteiger partial charge < -0.3 is 60.4 Å². The van der Waals surface area contributed by atoms with Crippen molar-refractivity contribution in [3.63, 3.8) is 0 Å². The second-order valence-electron chi connectivity index (χ2n) is 21.2. The highest BCUT2D eigenvalue weighted by molar-refractivity contribution is 7.09. The van der Waals surface area contributed by atoms with Gasteiger partial charge in [-0.25, -0.2) is 14.6 Å². The number of aliphatic carboxylic acids is 1. The highest BCUT2D eigenvalue weighted by Crippen LogP contribution is 2.32. The number of ether oxygens (including phenoxy) is 4. The highest BCUT2D eigenvalue weighted by Gasteiger charge is 2.38. The molecule has 22 heteroatoms. The lowest BCUT2D eigenvalue weighted by Crippen LogP contribution is -2.58. The molecule has 5 amide bonds. The Kier molecular flexibility index (Phi) is 29.8. The summed E-state index contributed by atoms with van der Waals surface area (Å²) in [7, 11) is 1.96. The van der Waals surface area contributed by atoms with Gasteiger partial charge in [0, 0.05) is 50.0 Å². The molecule has 2 unspecified atom stereocenters. The first-order valence-electron chi connectivity index (χ1n) is 27.9. The van der Waals surface area contributed by atoms with E-state index in [4.69, 9.17) is 23.9 Å². The summed E-state index contributed by atoms with van der Waals surface area (Å²) in [6.07, 6.45) is 2.32. The van der Waals surface area contributed by atoms with Crippen LogP contribution in [0.3, 0.4) is 0 Å². The number of esters is 1. The van der Waals surface area contributed by atoms with Crippen LogP contribution < -0.4 is 26.0 Å². The topological polar surface area (TPSA) is 285 Å². The maximum absolute atomic E-state index is 14.8. The van der Waals surface area contributed by atoms with E-state index < -0.39 is 79.0 Å². The van der Waals surface area contributed by atoms with Crippen molar-refractivity contribution in [2.75, 3.05) is 46.5 Å². The van der Waals surface area contributed by atoms with Gasteiger partial charge in [-0.3, -0.25) is 28.9 Å². The number of nitrogens with one attached hydrogen (secondary N) is 4. The zero-order valence-electron chi connectivity index (χ0n) is 47.9. The third kappa shape index (κ3) is 22.1. The zero-order valence-corrected chi connectivity index (χ0v) is 48.7. The van der Waals surface area contributed by atoms with Crippen molar-refractivity contribution < 1.29 is 67.8 Å². The lowest BCUT2D eigenvalue weighted by atomic mass is 9.92. The van der Waals surface area contributed by atoms with Crippen LogP contribution in [0.15, 0.2) is 29.6 Å². The zero-order chi connectivity index (χ0) is 58.1. The quantitative estimate of drug-likeness (QED) is 0.0237. The van der Waals surface area contributed by atoms with Gasteiger partial charge >= 0.3 is 18.0 Å². The number of carboxylic acids is 1. The molecule has 7 N–H and O–H groups in total. The van der Waals surface area contributed by atoms with E-state index in [9.17, 15) is 48.9 Å². The van der Waals surface area contributed by atoms with Crippen LogP contribution in [-0.2, 0) is 44.6 Å². The van der Waals surface area contributed by atoms with Crippen LogP contribution in [0.4, 0.5) is 4.79 Å². The molecule has 1 aliphatic heterocycles. The largest absolute Gasteiger partial charge is 0.481 e. The molecule has 0 aliphatic carbocycles. The smallest absolute Gasteiger partial charge is 0.407 e. The number of carboxylic acid groups (broad SMARTS) is 1. The van der Waals surface area contributed by atoms with Crippen LogP contribution in [0.1, 0.15) is 161 Å². The monoisotopic (exact) mass is 1120 g/mol. The lowest BCUT2D eigenvalue weighted by molar-refractivity contribution is -0.165. The van der Waals surface area contributed by atoms with Crippen LogP contribution in [0.5, 0.6) is 5.75 Å². The van der Waals surface area contributed by atoms with Gasteiger partial charge in [0.1, 0.15) is 41.2 Å². The number of aliphatic hydroxyl groups excluding tert-OH is 2. The van der Waals surface area contributed by atoms with Gasteiger partial charge in [-0.2, -0.15) is 0 Å². The van der Waals surface area contributed by atoms with Crippen LogP contribution >= 0.6 is 11.3 Å². The summed E-state index contributed by atoms with van der Waals surface area (Å²) < 4.78 is 22.1. The fraction of sp³-hybridized carbons (Fsp3) is 0.714. The number of hydrogen-bond acceptors (Lipinski definition) is 16. The number of aliphatic hydroxyl groups is 2. The minimum atomic E-state index is -1.44. The van der Waals surface area contributed by atoms with Crippen molar-refractivity contribution in [2.24, 2.45) is 23.7 Å². The second-order valence-corrected chi connectivity index (χ2v) is 22.0. The summed E-state index contributed by atoms with van der Waals surface area (Å²) in [6.45, 7) is 19.8. The lowest BCUT2D eigenvalue weighted by Gasteiger charge is -2.40. The van der Waals surface area contributed by atoms with Crippen molar-refractivity contribution in [1.82, 2.24) is 36.1 Å². The Morgan fingerprint density at radius 2 is 1.59 bits per heavy atom. The van der Waals surface area contributed by atoms with E-state index in [-0.39, 0.29) is 85.5 Å². The van der Waals surface area contributed by atoms with E-state index in [0.29, 0.717) is 49.4 Å². The summed E-state index contributed by atoms with van der Waals surface area (Å²) in [5.74, 6) is -4.15. The number of alkyl carbamates (subject to hydrolysis) is 1. The number of likely N-dealkylation sites (tertiary alicyclic amines) is 1. The van der Waals surface area contributed by atoms with Crippen LogP contribution in [0.2, 0.25) is 0 Å². The number of carbonyl (C=O) groups excluding carboxylic acids is 6. The minimum absolute atomic E-state index is 0.000695. The number of piperidine rings is 1. The third-order valence-electron chi connectivity index (χ3n) is 14.0. The second kappa shape index (κ2) is 34.7. The van der Waals surface area contributed by atoms with Crippen molar-refractivity contribution in [1.29, 1.82) is 0 Å². The fourth-order valence-electron chi connectivity index (χ4n) is 9.10. The molecule has 0 spiro atoms. The Labute approximate surface area is 465 Å². The van der Waals surface area contributed by atoms with Crippen molar-refractivity contribution in [3.8, 4) is 5.75 Å². The summed E-state index contributed by atoms with van der Waals surface area (Å²) in [5, 5.41) is 42.4. The van der Waals surface area contributed by atoms with E-state index >= 15 is 0 Å². The van der Waals surface area contributed by atoms with E-state index in [0.717, 1.165) is 32.2 Å². The molecule has 1 aromatic carbocycles. The predicted octanol–water partition coefficient (Wildman–Crippen LogP) is 6.00. The Bertz CT molecular complexity index is 2180. The Morgan fingerprint density at radius 1 is 0.885 bits per heavy atom. The molecule has 1 saturated heterocycles. The molecular formula is C56H91N7O14S.